The van der Waals surface area contributed by atoms with Crippen LogP contribution in [0.3, 0.4) is 0 Å². The van der Waals surface area contributed by atoms with Crippen molar-refractivity contribution in [2.45, 2.75) is 6.04 Å². The molecule has 2 aromatic rings. The van der Waals surface area contributed by atoms with Crippen LogP contribution >= 0.6 is 11.6 Å². The second-order valence-electron chi connectivity index (χ2n) is 3.56. The van der Waals surface area contributed by atoms with Gasteiger partial charge in [-0.3, -0.25) is 4.68 Å². The summed E-state index contributed by atoms with van der Waals surface area (Å²) in [5, 5.41) is 4.32. The van der Waals surface area contributed by atoms with E-state index in [1.54, 1.807) is 36.3 Å². The Labute approximate surface area is 97.6 Å². The van der Waals surface area contributed by atoms with Crippen molar-refractivity contribution >= 4 is 11.6 Å². The van der Waals surface area contributed by atoms with Crippen LogP contribution in [0.25, 0.3) is 0 Å². The summed E-state index contributed by atoms with van der Waals surface area (Å²) in [6.07, 6.45) is 3.35. The van der Waals surface area contributed by atoms with Gasteiger partial charge in [0, 0.05) is 29.4 Å². The molecule has 0 spiro atoms. The van der Waals surface area contributed by atoms with Crippen molar-refractivity contribution in [3.63, 3.8) is 0 Å². The van der Waals surface area contributed by atoms with E-state index in [-0.39, 0.29) is 0 Å². The van der Waals surface area contributed by atoms with Gasteiger partial charge in [-0.05, 0) is 12.1 Å². The molecule has 0 aliphatic carbocycles. The van der Waals surface area contributed by atoms with Crippen molar-refractivity contribution in [3.8, 4) is 0 Å². The Morgan fingerprint density at radius 1 is 1.50 bits per heavy atom. The van der Waals surface area contributed by atoms with E-state index in [2.05, 4.69) is 5.10 Å². The van der Waals surface area contributed by atoms with Gasteiger partial charge in [-0.1, -0.05) is 17.7 Å². The number of nitrogens with two attached hydrogens (primary N) is 1. The van der Waals surface area contributed by atoms with E-state index in [1.807, 2.05) is 0 Å². The zero-order valence-corrected chi connectivity index (χ0v) is 9.45. The highest BCUT2D eigenvalue weighted by atomic mass is 35.5. The Balaban J connectivity index is 2.45. The minimum Gasteiger partial charge on any atom is -0.320 e. The van der Waals surface area contributed by atoms with Gasteiger partial charge in [-0.2, -0.15) is 5.10 Å². The van der Waals surface area contributed by atoms with E-state index < -0.39 is 11.9 Å². The number of benzene rings is 1. The first-order valence-corrected chi connectivity index (χ1v) is 5.15. The summed E-state index contributed by atoms with van der Waals surface area (Å²) < 4.78 is 15.2. The lowest BCUT2D eigenvalue weighted by Gasteiger charge is -2.12. The molecule has 0 radical (unpaired) electrons. The quantitative estimate of drug-likeness (QED) is 0.874. The monoisotopic (exact) mass is 239 g/mol. The number of aryl methyl sites for hydroxylation is 1. The van der Waals surface area contributed by atoms with Gasteiger partial charge in [0.05, 0.1) is 12.2 Å². The highest BCUT2D eigenvalue weighted by molar-refractivity contribution is 6.31. The summed E-state index contributed by atoms with van der Waals surface area (Å²) in [6, 6.07) is 3.92. The molecule has 5 heteroatoms. The Hall–Kier alpha value is -1.39. The molecule has 1 aromatic heterocycles. The van der Waals surface area contributed by atoms with Gasteiger partial charge in [0.25, 0.3) is 0 Å². The fraction of sp³-hybridized carbons (Fsp3) is 0.182. The van der Waals surface area contributed by atoms with Crippen LogP contribution in [0.2, 0.25) is 5.02 Å². The molecule has 0 saturated carbocycles. The number of rotatable bonds is 2. The van der Waals surface area contributed by atoms with Gasteiger partial charge in [-0.25, -0.2) is 4.39 Å². The second kappa shape index (κ2) is 4.23. The van der Waals surface area contributed by atoms with Crippen molar-refractivity contribution in [2.24, 2.45) is 12.8 Å². The largest absolute Gasteiger partial charge is 0.320 e. The molecule has 84 valence electrons. The lowest BCUT2D eigenvalue weighted by molar-refractivity contribution is 0.600. The van der Waals surface area contributed by atoms with Crippen LogP contribution in [-0.4, -0.2) is 9.78 Å². The molecule has 0 aliphatic rings. The summed E-state index contributed by atoms with van der Waals surface area (Å²) >= 11 is 5.93. The number of aromatic nitrogens is 2. The lowest BCUT2D eigenvalue weighted by Crippen LogP contribution is -2.13. The third-order valence-corrected chi connectivity index (χ3v) is 2.72. The summed E-state index contributed by atoms with van der Waals surface area (Å²) in [5.74, 6) is -0.399. The zero-order chi connectivity index (χ0) is 11.7. The molecule has 1 atom stereocenters. The van der Waals surface area contributed by atoms with Crippen LogP contribution in [-0.2, 0) is 7.05 Å². The zero-order valence-electron chi connectivity index (χ0n) is 8.69. The summed E-state index contributed by atoms with van der Waals surface area (Å²) in [7, 11) is 1.78. The van der Waals surface area contributed by atoms with Crippen LogP contribution in [0.4, 0.5) is 4.39 Å². The van der Waals surface area contributed by atoms with Gasteiger partial charge in [0.15, 0.2) is 0 Å². The number of hydrogen-bond donors (Lipinski definition) is 1. The minimum absolute atomic E-state index is 0.303. The molecule has 2 rings (SSSR count). The van der Waals surface area contributed by atoms with E-state index in [0.717, 1.165) is 5.56 Å². The molecular formula is C11H11ClFN3. The molecule has 3 nitrogen and oxygen atoms in total. The predicted molar refractivity (Wildman–Crippen MR) is 60.6 cm³/mol. The average molecular weight is 240 g/mol. The topological polar surface area (TPSA) is 43.8 Å². The average Bonchev–Trinajstić information content (AvgIpc) is 2.64. The van der Waals surface area contributed by atoms with Crippen molar-refractivity contribution < 1.29 is 4.39 Å². The first-order valence-electron chi connectivity index (χ1n) is 4.77. The van der Waals surface area contributed by atoms with Crippen LogP contribution in [0.5, 0.6) is 0 Å². The van der Waals surface area contributed by atoms with Crippen LogP contribution in [0, 0.1) is 5.82 Å². The van der Waals surface area contributed by atoms with Gasteiger partial charge >= 0.3 is 0 Å². The number of hydrogen-bond acceptors (Lipinski definition) is 2. The van der Waals surface area contributed by atoms with E-state index in [1.165, 1.54) is 6.07 Å². The van der Waals surface area contributed by atoms with Crippen LogP contribution < -0.4 is 5.73 Å². The van der Waals surface area contributed by atoms with Gasteiger partial charge in [0.1, 0.15) is 5.82 Å². The minimum atomic E-state index is -0.595. The summed E-state index contributed by atoms with van der Waals surface area (Å²) in [6.45, 7) is 0. The summed E-state index contributed by atoms with van der Waals surface area (Å²) in [4.78, 5) is 0. The maximum Gasteiger partial charge on any atom is 0.129 e. The fourth-order valence-electron chi connectivity index (χ4n) is 1.58. The third kappa shape index (κ3) is 1.94. The van der Waals surface area contributed by atoms with E-state index >= 15 is 0 Å². The molecule has 0 fully saturated rings. The van der Waals surface area contributed by atoms with Gasteiger partial charge in [0.2, 0.25) is 0 Å². The molecule has 0 amide bonds. The first kappa shape index (κ1) is 11.1. The Kier molecular flexibility index (Phi) is 2.94. The second-order valence-corrected chi connectivity index (χ2v) is 3.97. The number of halogens is 2. The molecule has 0 bridgehead atoms. The normalized spacial score (nSPS) is 12.8. The van der Waals surface area contributed by atoms with Gasteiger partial charge in [-0.15, -0.1) is 0 Å². The molecule has 0 aliphatic heterocycles. The summed E-state index contributed by atoms with van der Waals surface area (Å²) in [5.41, 5.74) is 6.99. The van der Waals surface area contributed by atoms with E-state index in [0.29, 0.717) is 10.6 Å². The van der Waals surface area contributed by atoms with E-state index in [4.69, 9.17) is 17.3 Å². The van der Waals surface area contributed by atoms with Crippen molar-refractivity contribution in [1.82, 2.24) is 9.78 Å². The highest BCUT2D eigenvalue weighted by Crippen LogP contribution is 2.28. The third-order valence-electron chi connectivity index (χ3n) is 2.39. The van der Waals surface area contributed by atoms with Crippen LogP contribution in [0.15, 0.2) is 30.6 Å². The Morgan fingerprint density at radius 2 is 2.25 bits per heavy atom. The fourth-order valence-corrected chi connectivity index (χ4v) is 1.86. The van der Waals surface area contributed by atoms with Crippen molar-refractivity contribution in [2.75, 3.05) is 0 Å². The molecule has 2 N–H and O–H groups in total. The standard InChI is InChI=1S/C11H11ClFN3/c1-16-6-7(5-15-16)11(14)10-8(12)3-2-4-9(10)13/h2-6,11H,14H2,1H3. The molecule has 1 unspecified atom stereocenters. The smallest absolute Gasteiger partial charge is 0.129 e. The van der Waals surface area contributed by atoms with Crippen molar-refractivity contribution in [1.29, 1.82) is 0 Å². The lowest BCUT2D eigenvalue weighted by atomic mass is 10.0. The Morgan fingerprint density at radius 3 is 2.81 bits per heavy atom. The maximum atomic E-state index is 13.6. The molecular weight excluding hydrogens is 229 g/mol. The molecule has 16 heavy (non-hydrogen) atoms. The maximum absolute atomic E-state index is 13.6. The van der Waals surface area contributed by atoms with Crippen LogP contribution in [0.1, 0.15) is 17.2 Å². The van der Waals surface area contributed by atoms with Crippen molar-refractivity contribution in [3.05, 3.63) is 52.6 Å². The predicted octanol–water partition coefficient (Wildman–Crippen LogP) is 2.26. The molecule has 1 aromatic carbocycles. The van der Waals surface area contributed by atoms with Gasteiger partial charge < -0.3 is 5.73 Å². The number of nitrogens with zero attached hydrogens (tertiary/aromatic N) is 2. The Bertz CT molecular complexity index is 489. The van der Waals surface area contributed by atoms with E-state index in [9.17, 15) is 4.39 Å². The highest BCUT2D eigenvalue weighted by Gasteiger charge is 2.17. The molecule has 0 saturated heterocycles. The molecule has 1 heterocycles. The first-order chi connectivity index (χ1) is 7.59. The SMILES string of the molecule is Cn1cc(C(N)c2c(F)cccc2Cl)cn1.